The van der Waals surface area contributed by atoms with Crippen molar-refractivity contribution in [2.75, 3.05) is 7.11 Å². The van der Waals surface area contributed by atoms with Crippen molar-refractivity contribution >= 4 is 7.60 Å². The number of aromatic amines is 1. The van der Waals surface area contributed by atoms with Gasteiger partial charge in [0.2, 0.25) is 0 Å². The molecule has 3 N–H and O–H groups in total. The molecule has 0 spiro atoms. The van der Waals surface area contributed by atoms with Crippen LogP contribution >= 0.6 is 7.60 Å². The first-order chi connectivity index (χ1) is 10.6. The molecule has 23 heavy (non-hydrogen) atoms. The first kappa shape index (κ1) is 17.8. The Morgan fingerprint density at radius 2 is 2.22 bits per heavy atom. The number of methoxy groups -OCH3 is 1. The molecule has 1 fully saturated rings. The van der Waals surface area contributed by atoms with Gasteiger partial charge in [-0.15, -0.1) is 0 Å². The summed E-state index contributed by atoms with van der Waals surface area (Å²) in [6.07, 6.45) is -3.30. The molecule has 0 amide bonds. The van der Waals surface area contributed by atoms with E-state index >= 15 is 0 Å². The minimum atomic E-state index is -4.70. The van der Waals surface area contributed by atoms with Gasteiger partial charge in [-0.25, -0.2) is 4.79 Å². The molecule has 10 nitrogen and oxygen atoms in total. The molecule has 0 saturated carbocycles. The zero-order valence-corrected chi connectivity index (χ0v) is 13.2. The Morgan fingerprint density at radius 1 is 1.57 bits per heavy atom. The van der Waals surface area contributed by atoms with Crippen molar-refractivity contribution in [1.82, 2.24) is 9.55 Å². The normalized spacial score (nSPS) is 31.1. The summed E-state index contributed by atoms with van der Waals surface area (Å²) >= 11 is 0. The zero-order valence-electron chi connectivity index (χ0n) is 12.3. The molecule has 0 aromatic carbocycles. The molecule has 1 saturated heterocycles. The summed E-state index contributed by atoms with van der Waals surface area (Å²) in [7, 11) is -3.41. The third-order valence-electron chi connectivity index (χ3n) is 3.43. The van der Waals surface area contributed by atoms with Gasteiger partial charge in [-0.05, 0) is 18.3 Å². The maximum absolute atomic E-state index is 11.8. The van der Waals surface area contributed by atoms with E-state index in [-0.39, 0.29) is 5.57 Å². The number of rotatable bonds is 4. The van der Waals surface area contributed by atoms with Crippen LogP contribution in [0.3, 0.4) is 0 Å². The van der Waals surface area contributed by atoms with Crippen LogP contribution in [0.5, 0.6) is 0 Å². The lowest BCUT2D eigenvalue weighted by Gasteiger charge is -2.19. The first-order valence-electron chi connectivity index (χ1n) is 6.54. The van der Waals surface area contributed by atoms with Crippen molar-refractivity contribution < 1.29 is 28.9 Å². The minimum absolute atomic E-state index is 0.0420. The van der Waals surface area contributed by atoms with Gasteiger partial charge >= 0.3 is 5.69 Å². The van der Waals surface area contributed by atoms with Crippen molar-refractivity contribution in [2.45, 2.75) is 31.5 Å². The van der Waals surface area contributed by atoms with E-state index in [2.05, 4.69) is 0 Å². The Kier molecular flexibility index (Phi) is 5.04. The second-order valence-electron chi connectivity index (χ2n) is 5.09. The Balaban J connectivity index is 2.40. The third-order valence-corrected chi connectivity index (χ3v) is 4.16. The van der Waals surface area contributed by atoms with Crippen LogP contribution in [0.25, 0.3) is 0 Å². The highest BCUT2D eigenvalue weighted by Gasteiger charge is 2.46. The van der Waals surface area contributed by atoms with Gasteiger partial charge in [0.25, 0.3) is 5.56 Å². The second kappa shape index (κ2) is 6.52. The van der Waals surface area contributed by atoms with E-state index in [4.69, 9.17) is 14.4 Å². The average molecular weight is 347 g/mol. The van der Waals surface area contributed by atoms with Crippen LogP contribution < -0.4 is 16.1 Å². The molecule has 0 bridgehead atoms. The van der Waals surface area contributed by atoms with E-state index in [0.29, 0.717) is 5.82 Å². The smallest absolute Gasteiger partial charge is 0.330 e. The van der Waals surface area contributed by atoms with Crippen LogP contribution in [0.1, 0.15) is 13.2 Å². The molecule has 1 aliphatic rings. The molecule has 2 heterocycles. The summed E-state index contributed by atoms with van der Waals surface area (Å²) in [5.41, 5.74) is -1.32. The van der Waals surface area contributed by atoms with Crippen molar-refractivity contribution in [3.63, 3.8) is 0 Å². The van der Waals surface area contributed by atoms with E-state index in [1.54, 1.807) is 0 Å². The van der Waals surface area contributed by atoms with Crippen LogP contribution in [0.4, 0.5) is 0 Å². The fourth-order valence-corrected chi connectivity index (χ4v) is 3.13. The van der Waals surface area contributed by atoms with E-state index in [0.717, 1.165) is 10.6 Å². The standard InChI is InChI=1S/C12H17N2O8P/c1-6(5-23(18,19)20)9-8(16)10(21-2)11(22-9)14-4-3-7(15)13-12(14)17/h3-5,8-11,16H,1-2H3,(H,13,15,17)(H2,18,19,20)/p-1/b6-5+/t8?,9-,10?,11-/m1/s1. The van der Waals surface area contributed by atoms with Crippen LogP contribution in [0, 0.1) is 0 Å². The van der Waals surface area contributed by atoms with E-state index in [1.807, 2.05) is 4.98 Å². The summed E-state index contributed by atoms with van der Waals surface area (Å²) < 4.78 is 22.6. The summed E-state index contributed by atoms with van der Waals surface area (Å²) in [6.45, 7) is 1.35. The highest BCUT2D eigenvalue weighted by molar-refractivity contribution is 7.53. The Labute approximate surface area is 130 Å². The number of H-pyrrole nitrogens is 1. The summed E-state index contributed by atoms with van der Waals surface area (Å²) in [4.78, 5) is 44.8. The van der Waals surface area contributed by atoms with Gasteiger partial charge in [0.05, 0.1) is 0 Å². The monoisotopic (exact) mass is 347 g/mol. The molecule has 1 aliphatic heterocycles. The highest BCUT2D eigenvalue weighted by Crippen LogP contribution is 2.38. The number of nitrogens with zero attached hydrogens (tertiary/aromatic N) is 1. The Morgan fingerprint density at radius 3 is 2.74 bits per heavy atom. The van der Waals surface area contributed by atoms with Crippen LogP contribution in [0.2, 0.25) is 0 Å². The lowest BCUT2D eigenvalue weighted by atomic mass is 10.1. The summed E-state index contributed by atoms with van der Waals surface area (Å²) in [6, 6.07) is 1.10. The maximum Gasteiger partial charge on any atom is 0.330 e. The van der Waals surface area contributed by atoms with Gasteiger partial charge in [-0.1, -0.05) is 0 Å². The fraction of sp³-hybridized carbons (Fsp3) is 0.500. The molecule has 128 valence electrons. The number of nitrogens with one attached hydrogen (secondary N) is 1. The molecule has 3 unspecified atom stereocenters. The number of aliphatic hydroxyl groups excluding tert-OH is 1. The second-order valence-corrected chi connectivity index (χ2v) is 6.48. The van der Waals surface area contributed by atoms with Gasteiger partial charge in [0.1, 0.15) is 18.3 Å². The SMILES string of the molecule is COC1C(O)[C@@H](/C(C)=C/P(=O)([O-])O)O[C@H]1n1ccc(=O)[nH]c1=O. The molecule has 0 radical (unpaired) electrons. The van der Waals surface area contributed by atoms with Crippen LogP contribution in [-0.4, -0.2) is 45.0 Å². The van der Waals surface area contributed by atoms with Crippen molar-refractivity contribution in [3.05, 3.63) is 44.5 Å². The molecular formula is C12H16N2O8P-. The quantitative estimate of drug-likeness (QED) is 0.542. The lowest BCUT2D eigenvalue weighted by Crippen LogP contribution is -2.38. The van der Waals surface area contributed by atoms with Gasteiger partial charge < -0.3 is 28.9 Å². The first-order valence-corrected chi connectivity index (χ1v) is 8.19. The molecule has 5 atom stereocenters. The summed E-state index contributed by atoms with van der Waals surface area (Å²) in [5, 5.41) is 10.2. The molecule has 1 aromatic rings. The number of hydrogen-bond acceptors (Lipinski definition) is 7. The highest BCUT2D eigenvalue weighted by atomic mass is 31.2. The predicted molar refractivity (Wildman–Crippen MR) is 75.6 cm³/mol. The van der Waals surface area contributed by atoms with Crippen LogP contribution in [0.15, 0.2) is 33.2 Å². The number of aliphatic hydroxyl groups is 1. The Bertz CT molecular complexity index is 763. The third kappa shape index (κ3) is 3.86. The number of hydrogen-bond donors (Lipinski definition) is 3. The average Bonchev–Trinajstić information content (AvgIpc) is 2.73. The van der Waals surface area contributed by atoms with Crippen LogP contribution in [-0.2, 0) is 14.0 Å². The van der Waals surface area contributed by atoms with Crippen molar-refractivity contribution in [1.29, 1.82) is 0 Å². The fourth-order valence-electron chi connectivity index (χ4n) is 2.46. The topological polar surface area (TPSA) is 154 Å². The van der Waals surface area contributed by atoms with Gasteiger partial charge in [0, 0.05) is 19.4 Å². The molecule has 2 rings (SSSR count). The molecule has 1 aromatic heterocycles. The predicted octanol–water partition coefficient (Wildman–Crippen LogP) is -1.74. The van der Waals surface area contributed by atoms with E-state index in [1.165, 1.54) is 20.2 Å². The maximum atomic E-state index is 11.8. The van der Waals surface area contributed by atoms with E-state index < -0.39 is 43.4 Å². The van der Waals surface area contributed by atoms with Gasteiger partial charge in [-0.2, -0.15) is 0 Å². The van der Waals surface area contributed by atoms with Gasteiger partial charge in [-0.3, -0.25) is 14.3 Å². The number of aromatic nitrogens is 2. The largest absolute Gasteiger partial charge is 0.776 e. The zero-order chi connectivity index (χ0) is 17.4. The lowest BCUT2D eigenvalue weighted by molar-refractivity contribution is -0.189. The molecule has 11 heteroatoms. The van der Waals surface area contributed by atoms with Gasteiger partial charge in [0.15, 0.2) is 13.8 Å². The molecule has 0 aliphatic carbocycles. The Hall–Kier alpha value is -1.55. The van der Waals surface area contributed by atoms with Crippen molar-refractivity contribution in [3.8, 4) is 0 Å². The molecular weight excluding hydrogens is 331 g/mol. The number of ether oxygens (including phenoxy) is 2. The summed E-state index contributed by atoms with van der Waals surface area (Å²) in [5.74, 6) is 0.575. The van der Waals surface area contributed by atoms with Crippen molar-refractivity contribution in [2.24, 2.45) is 0 Å². The van der Waals surface area contributed by atoms with E-state index in [9.17, 15) is 24.2 Å². The minimum Gasteiger partial charge on any atom is -0.776 e.